The molecule has 1 heterocycles. The van der Waals surface area contributed by atoms with Gasteiger partial charge in [0.1, 0.15) is 6.61 Å². The van der Waals surface area contributed by atoms with E-state index in [0.29, 0.717) is 12.4 Å². The van der Waals surface area contributed by atoms with E-state index < -0.39 is 0 Å². The summed E-state index contributed by atoms with van der Waals surface area (Å²) in [4.78, 5) is 0. The Morgan fingerprint density at radius 3 is 2.83 bits per heavy atom. The molecule has 3 rings (SSSR count). The van der Waals surface area contributed by atoms with Crippen molar-refractivity contribution in [2.75, 3.05) is 32.8 Å². The number of fused-ring (bicyclic) bond motifs is 1. The van der Waals surface area contributed by atoms with Gasteiger partial charge in [-0.25, -0.2) is 4.39 Å². The lowest BCUT2D eigenvalue weighted by molar-refractivity contribution is 0.297. The molecule has 3 nitrogen and oxygen atoms in total. The zero-order valence-electron chi connectivity index (χ0n) is 10.4. The van der Waals surface area contributed by atoms with Crippen molar-refractivity contribution in [3.8, 4) is 5.75 Å². The van der Waals surface area contributed by atoms with E-state index in [1.807, 2.05) is 0 Å². The molecule has 2 aliphatic rings. The maximum absolute atomic E-state index is 13.2. The lowest BCUT2D eigenvalue weighted by Crippen LogP contribution is -2.26. The van der Waals surface area contributed by atoms with E-state index in [1.54, 1.807) is 18.2 Å². The number of rotatable bonds is 6. The summed E-state index contributed by atoms with van der Waals surface area (Å²) in [5, 5.41) is 6.78. The first-order chi connectivity index (χ1) is 8.86. The second-order valence-electron chi connectivity index (χ2n) is 5.13. The fourth-order valence-electron chi connectivity index (χ4n) is 2.91. The van der Waals surface area contributed by atoms with Crippen molar-refractivity contribution >= 4 is 0 Å². The van der Waals surface area contributed by atoms with Gasteiger partial charge >= 0.3 is 0 Å². The molecule has 98 valence electrons. The molecule has 4 heteroatoms. The number of benzene rings is 1. The summed E-state index contributed by atoms with van der Waals surface area (Å²) in [6.07, 6.45) is 0. The molecule has 0 radical (unpaired) electrons. The molecule has 0 bridgehead atoms. The van der Waals surface area contributed by atoms with E-state index in [1.165, 1.54) is 19.2 Å². The van der Waals surface area contributed by atoms with Crippen LogP contribution in [-0.2, 0) is 0 Å². The first kappa shape index (κ1) is 11.9. The summed E-state index contributed by atoms with van der Waals surface area (Å²) >= 11 is 0. The first-order valence-electron chi connectivity index (χ1n) is 6.65. The number of para-hydroxylation sites is 1. The SMILES string of the molecule is Fc1ccccc1OCCNCC1[C@H]2CNC[C@@H]12. The van der Waals surface area contributed by atoms with E-state index in [0.717, 1.165) is 30.8 Å². The summed E-state index contributed by atoms with van der Waals surface area (Å²) in [5.41, 5.74) is 0. The third-order valence-corrected chi connectivity index (χ3v) is 4.02. The maximum atomic E-state index is 13.2. The van der Waals surface area contributed by atoms with Crippen LogP contribution in [0.4, 0.5) is 4.39 Å². The summed E-state index contributed by atoms with van der Waals surface area (Å²) in [7, 11) is 0. The van der Waals surface area contributed by atoms with Gasteiger partial charge in [-0.2, -0.15) is 0 Å². The highest BCUT2D eigenvalue weighted by Gasteiger charge is 2.51. The monoisotopic (exact) mass is 250 g/mol. The number of ether oxygens (including phenoxy) is 1. The van der Waals surface area contributed by atoms with Gasteiger partial charge in [-0.05, 0) is 49.5 Å². The molecule has 1 aromatic rings. The molecule has 0 spiro atoms. The molecule has 1 unspecified atom stereocenters. The summed E-state index contributed by atoms with van der Waals surface area (Å²) in [5.74, 6) is 2.68. The van der Waals surface area contributed by atoms with E-state index in [-0.39, 0.29) is 5.82 Å². The summed E-state index contributed by atoms with van der Waals surface area (Å²) in [6, 6.07) is 6.53. The molecule has 2 N–H and O–H groups in total. The number of nitrogens with one attached hydrogen (secondary N) is 2. The standard InChI is InChI=1S/C14H19FN2O/c15-13-3-1-2-4-14(13)18-6-5-16-7-10-11-8-17-9-12(10)11/h1-4,10-12,16-17H,5-9H2/t10?,11-,12+. The number of hydrogen-bond acceptors (Lipinski definition) is 3. The average molecular weight is 250 g/mol. The van der Waals surface area contributed by atoms with Gasteiger partial charge in [0.25, 0.3) is 0 Å². The lowest BCUT2D eigenvalue weighted by Gasteiger charge is -2.09. The highest BCUT2D eigenvalue weighted by atomic mass is 19.1. The van der Waals surface area contributed by atoms with Crippen molar-refractivity contribution in [3.63, 3.8) is 0 Å². The van der Waals surface area contributed by atoms with Crippen LogP contribution in [0.5, 0.6) is 5.75 Å². The van der Waals surface area contributed by atoms with Crippen molar-refractivity contribution in [1.29, 1.82) is 0 Å². The smallest absolute Gasteiger partial charge is 0.165 e. The maximum Gasteiger partial charge on any atom is 0.165 e. The van der Waals surface area contributed by atoms with Crippen LogP contribution in [0.3, 0.4) is 0 Å². The topological polar surface area (TPSA) is 33.3 Å². The molecule has 1 aromatic carbocycles. The van der Waals surface area contributed by atoms with Crippen molar-refractivity contribution in [3.05, 3.63) is 30.1 Å². The predicted octanol–water partition coefficient (Wildman–Crippen LogP) is 1.26. The minimum absolute atomic E-state index is 0.291. The number of piperidine rings is 1. The highest BCUT2D eigenvalue weighted by molar-refractivity contribution is 5.23. The summed E-state index contributed by atoms with van der Waals surface area (Å²) in [6.45, 7) is 4.72. The van der Waals surface area contributed by atoms with Gasteiger partial charge in [0, 0.05) is 6.54 Å². The normalized spacial score (nSPS) is 29.1. The van der Waals surface area contributed by atoms with Crippen LogP contribution in [0.1, 0.15) is 0 Å². The minimum atomic E-state index is -0.291. The van der Waals surface area contributed by atoms with Crippen LogP contribution < -0.4 is 15.4 Å². The Bertz CT molecular complexity index is 403. The third-order valence-electron chi connectivity index (χ3n) is 4.02. The third kappa shape index (κ3) is 2.49. The average Bonchev–Trinajstić information content (AvgIpc) is 2.83. The molecule has 18 heavy (non-hydrogen) atoms. The molecule has 3 atom stereocenters. The highest BCUT2D eigenvalue weighted by Crippen LogP contribution is 2.47. The zero-order valence-corrected chi connectivity index (χ0v) is 10.4. The Morgan fingerprint density at radius 2 is 2.06 bits per heavy atom. The van der Waals surface area contributed by atoms with Gasteiger partial charge in [0.15, 0.2) is 11.6 Å². The van der Waals surface area contributed by atoms with Crippen molar-refractivity contribution < 1.29 is 9.13 Å². The van der Waals surface area contributed by atoms with Crippen LogP contribution >= 0.6 is 0 Å². The Hall–Kier alpha value is -1.13. The molecule has 1 saturated carbocycles. The van der Waals surface area contributed by atoms with E-state index >= 15 is 0 Å². The second kappa shape index (κ2) is 5.24. The van der Waals surface area contributed by atoms with Gasteiger partial charge in [0.05, 0.1) is 0 Å². The van der Waals surface area contributed by atoms with Gasteiger partial charge in [-0.3, -0.25) is 0 Å². The quantitative estimate of drug-likeness (QED) is 0.746. The first-order valence-corrected chi connectivity index (χ1v) is 6.65. The molecule has 0 amide bonds. The molecule has 0 aromatic heterocycles. The number of halogens is 1. The van der Waals surface area contributed by atoms with E-state index in [9.17, 15) is 4.39 Å². The zero-order chi connectivity index (χ0) is 12.4. The second-order valence-corrected chi connectivity index (χ2v) is 5.13. The Balaban J connectivity index is 1.30. The van der Waals surface area contributed by atoms with Gasteiger partial charge in [-0.15, -0.1) is 0 Å². The Labute approximate surface area is 107 Å². The Morgan fingerprint density at radius 1 is 1.28 bits per heavy atom. The van der Waals surface area contributed by atoms with Crippen molar-refractivity contribution in [1.82, 2.24) is 10.6 Å². The van der Waals surface area contributed by atoms with E-state index in [4.69, 9.17) is 4.74 Å². The van der Waals surface area contributed by atoms with Gasteiger partial charge < -0.3 is 15.4 Å². The molecule has 1 saturated heterocycles. The van der Waals surface area contributed by atoms with Crippen LogP contribution in [0, 0.1) is 23.6 Å². The largest absolute Gasteiger partial charge is 0.489 e. The van der Waals surface area contributed by atoms with Crippen LogP contribution in [0.2, 0.25) is 0 Å². The molecular weight excluding hydrogens is 231 g/mol. The number of hydrogen-bond donors (Lipinski definition) is 2. The van der Waals surface area contributed by atoms with Gasteiger partial charge in [0.2, 0.25) is 0 Å². The predicted molar refractivity (Wildman–Crippen MR) is 68.1 cm³/mol. The molecular formula is C14H19FN2O. The van der Waals surface area contributed by atoms with Crippen LogP contribution in [-0.4, -0.2) is 32.8 Å². The van der Waals surface area contributed by atoms with E-state index in [2.05, 4.69) is 10.6 Å². The molecule has 1 aliphatic carbocycles. The van der Waals surface area contributed by atoms with Gasteiger partial charge in [-0.1, -0.05) is 12.1 Å². The minimum Gasteiger partial charge on any atom is -0.489 e. The summed E-state index contributed by atoms with van der Waals surface area (Å²) < 4.78 is 18.6. The molecule has 2 fully saturated rings. The Kier molecular flexibility index (Phi) is 3.48. The van der Waals surface area contributed by atoms with Crippen molar-refractivity contribution in [2.45, 2.75) is 0 Å². The molecule has 1 aliphatic heterocycles. The fourth-order valence-corrected chi connectivity index (χ4v) is 2.91. The van der Waals surface area contributed by atoms with Crippen molar-refractivity contribution in [2.24, 2.45) is 17.8 Å². The van der Waals surface area contributed by atoms with Crippen LogP contribution in [0.25, 0.3) is 0 Å². The van der Waals surface area contributed by atoms with Crippen LogP contribution in [0.15, 0.2) is 24.3 Å². The lowest BCUT2D eigenvalue weighted by atomic mass is 10.3. The fraction of sp³-hybridized carbons (Fsp3) is 0.571.